The Morgan fingerprint density at radius 3 is 2.40 bits per heavy atom. The highest BCUT2D eigenvalue weighted by atomic mass is 16.5. The van der Waals surface area contributed by atoms with Gasteiger partial charge in [0, 0.05) is 5.56 Å². The van der Waals surface area contributed by atoms with E-state index in [0.29, 0.717) is 5.56 Å². The zero-order valence-electron chi connectivity index (χ0n) is 11.6. The average Bonchev–Trinajstić information content (AvgIpc) is 2.47. The smallest absolute Gasteiger partial charge is 0.379 e. The summed E-state index contributed by atoms with van der Waals surface area (Å²) in [4.78, 5) is 23.8. The van der Waals surface area contributed by atoms with Crippen LogP contribution in [0.4, 0.5) is 0 Å². The molecule has 2 aromatic carbocycles. The molecule has 0 spiro atoms. The molecule has 0 radical (unpaired) electrons. The van der Waals surface area contributed by atoms with Crippen LogP contribution in [0, 0.1) is 6.92 Å². The lowest BCUT2D eigenvalue weighted by atomic mass is 9.95. The Morgan fingerprint density at radius 2 is 1.75 bits per heavy atom. The number of Topliss-reactive ketones (excluding diaryl/α,β-unsaturated/α-hetero) is 1. The van der Waals surface area contributed by atoms with Crippen LogP contribution in [-0.4, -0.2) is 18.4 Å². The Kier molecular flexibility index (Phi) is 4.31. The van der Waals surface area contributed by atoms with Crippen LogP contribution in [0.15, 0.2) is 48.5 Å². The molecule has 3 nitrogen and oxygen atoms in total. The largest absolute Gasteiger partial charge is 0.460 e. The molecule has 0 saturated heterocycles. The Morgan fingerprint density at radius 1 is 1.05 bits per heavy atom. The van der Waals surface area contributed by atoms with E-state index in [2.05, 4.69) is 0 Å². The number of hydrogen-bond donors (Lipinski definition) is 0. The van der Waals surface area contributed by atoms with E-state index >= 15 is 0 Å². The van der Waals surface area contributed by atoms with Crippen molar-refractivity contribution in [1.82, 2.24) is 0 Å². The third-order valence-electron chi connectivity index (χ3n) is 2.97. The highest BCUT2D eigenvalue weighted by molar-refractivity contribution is 6.41. The average molecular weight is 268 g/mol. The first kappa shape index (κ1) is 14.0. The number of ether oxygens (including phenoxy) is 1. The van der Waals surface area contributed by atoms with Gasteiger partial charge in [0.15, 0.2) is 0 Å². The van der Waals surface area contributed by atoms with Crippen molar-refractivity contribution in [3.63, 3.8) is 0 Å². The van der Waals surface area contributed by atoms with Crippen molar-refractivity contribution in [2.45, 2.75) is 13.8 Å². The Balaban J connectivity index is 2.49. The van der Waals surface area contributed by atoms with Crippen molar-refractivity contribution in [2.24, 2.45) is 0 Å². The molecule has 0 unspecified atom stereocenters. The maximum absolute atomic E-state index is 12.2. The molecule has 0 aliphatic rings. The zero-order valence-corrected chi connectivity index (χ0v) is 11.6. The number of rotatable bonds is 4. The third-order valence-corrected chi connectivity index (χ3v) is 2.97. The van der Waals surface area contributed by atoms with E-state index in [0.717, 1.165) is 16.7 Å². The lowest BCUT2D eigenvalue weighted by molar-refractivity contribution is -0.137. The van der Waals surface area contributed by atoms with Crippen molar-refractivity contribution in [3.05, 3.63) is 59.7 Å². The van der Waals surface area contributed by atoms with Gasteiger partial charge in [-0.25, -0.2) is 4.79 Å². The number of esters is 1. The second-order valence-electron chi connectivity index (χ2n) is 4.46. The van der Waals surface area contributed by atoms with Gasteiger partial charge in [0.1, 0.15) is 0 Å². The molecule has 102 valence electrons. The summed E-state index contributed by atoms with van der Waals surface area (Å²) in [5.74, 6) is -1.42. The van der Waals surface area contributed by atoms with Crippen molar-refractivity contribution in [2.75, 3.05) is 6.61 Å². The fraction of sp³-hybridized carbons (Fsp3) is 0.176. The second-order valence-corrected chi connectivity index (χ2v) is 4.46. The molecule has 0 saturated carbocycles. The summed E-state index contributed by atoms with van der Waals surface area (Å²) in [6.07, 6.45) is 0. The number of carbonyl (C=O) groups excluding carboxylic acids is 2. The van der Waals surface area contributed by atoms with E-state index in [1.807, 2.05) is 49.4 Å². The molecule has 0 aliphatic heterocycles. The van der Waals surface area contributed by atoms with Crippen LogP contribution in [0.2, 0.25) is 0 Å². The topological polar surface area (TPSA) is 43.4 Å². The maximum atomic E-state index is 12.2. The van der Waals surface area contributed by atoms with Crippen LogP contribution in [-0.2, 0) is 9.53 Å². The van der Waals surface area contributed by atoms with Gasteiger partial charge >= 0.3 is 5.97 Å². The monoisotopic (exact) mass is 268 g/mol. The Bertz CT molecular complexity index is 630. The molecule has 0 bridgehead atoms. The molecule has 0 aromatic heterocycles. The van der Waals surface area contributed by atoms with E-state index in [9.17, 15) is 9.59 Å². The van der Waals surface area contributed by atoms with Crippen molar-refractivity contribution in [1.29, 1.82) is 0 Å². The van der Waals surface area contributed by atoms with Crippen molar-refractivity contribution < 1.29 is 14.3 Å². The Labute approximate surface area is 118 Å². The number of aryl methyl sites for hydroxylation is 1. The highest BCUT2D eigenvalue weighted by Crippen LogP contribution is 2.25. The summed E-state index contributed by atoms with van der Waals surface area (Å²) in [7, 11) is 0. The predicted octanol–water partition coefficient (Wildman–Crippen LogP) is 3.41. The van der Waals surface area contributed by atoms with E-state index < -0.39 is 11.8 Å². The van der Waals surface area contributed by atoms with Gasteiger partial charge in [-0.2, -0.15) is 0 Å². The SMILES string of the molecule is CCOC(=O)C(=O)c1ccc(C)cc1-c1ccccc1. The van der Waals surface area contributed by atoms with Crippen LogP contribution in [0.25, 0.3) is 11.1 Å². The van der Waals surface area contributed by atoms with Gasteiger partial charge in [-0.3, -0.25) is 4.79 Å². The molecule has 0 aliphatic carbocycles. The van der Waals surface area contributed by atoms with Gasteiger partial charge in [-0.1, -0.05) is 48.0 Å². The molecule has 3 heteroatoms. The van der Waals surface area contributed by atoms with Gasteiger partial charge in [-0.05, 0) is 31.0 Å². The summed E-state index contributed by atoms with van der Waals surface area (Å²) in [6.45, 7) is 3.82. The lowest BCUT2D eigenvalue weighted by Gasteiger charge is -2.09. The summed E-state index contributed by atoms with van der Waals surface area (Å²) in [5.41, 5.74) is 3.07. The summed E-state index contributed by atoms with van der Waals surface area (Å²) in [5, 5.41) is 0. The van der Waals surface area contributed by atoms with Crippen molar-refractivity contribution >= 4 is 11.8 Å². The second kappa shape index (κ2) is 6.15. The highest BCUT2D eigenvalue weighted by Gasteiger charge is 2.21. The molecular weight excluding hydrogens is 252 g/mol. The molecule has 2 aromatic rings. The maximum Gasteiger partial charge on any atom is 0.379 e. The molecule has 0 atom stereocenters. The minimum Gasteiger partial charge on any atom is -0.460 e. The minimum absolute atomic E-state index is 0.192. The molecule has 0 N–H and O–H groups in total. The fourth-order valence-corrected chi connectivity index (χ4v) is 2.02. The predicted molar refractivity (Wildman–Crippen MR) is 77.6 cm³/mol. The zero-order chi connectivity index (χ0) is 14.5. The number of hydrogen-bond acceptors (Lipinski definition) is 3. The number of ketones is 1. The van der Waals surface area contributed by atoms with Crippen LogP contribution < -0.4 is 0 Å². The molecule has 0 fully saturated rings. The number of carbonyl (C=O) groups is 2. The quantitative estimate of drug-likeness (QED) is 0.485. The molecule has 0 amide bonds. The fourth-order valence-electron chi connectivity index (χ4n) is 2.02. The van der Waals surface area contributed by atoms with Gasteiger partial charge in [0.25, 0.3) is 5.78 Å². The standard InChI is InChI=1S/C17H16O3/c1-3-20-17(19)16(18)14-10-9-12(2)11-15(14)13-7-5-4-6-8-13/h4-11H,3H2,1-2H3. The number of benzene rings is 2. The van der Waals surface area contributed by atoms with Gasteiger partial charge in [0.2, 0.25) is 0 Å². The van der Waals surface area contributed by atoms with E-state index in [4.69, 9.17) is 4.74 Å². The molecule has 2 rings (SSSR count). The van der Waals surface area contributed by atoms with Gasteiger partial charge in [-0.15, -0.1) is 0 Å². The van der Waals surface area contributed by atoms with E-state index in [-0.39, 0.29) is 6.61 Å². The Hall–Kier alpha value is -2.42. The first-order chi connectivity index (χ1) is 9.63. The summed E-state index contributed by atoms with van der Waals surface area (Å²) >= 11 is 0. The van der Waals surface area contributed by atoms with Crippen molar-refractivity contribution in [3.8, 4) is 11.1 Å². The first-order valence-electron chi connectivity index (χ1n) is 6.51. The van der Waals surface area contributed by atoms with Gasteiger partial charge in [0.05, 0.1) is 6.61 Å². The van der Waals surface area contributed by atoms with E-state index in [1.54, 1.807) is 13.0 Å². The van der Waals surface area contributed by atoms with Gasteiger partial charge < -0.3 is 4.74 Å². The normalized spacial score (nSPS) is 10.1. The molecule has 20 heavy (non-hydrogen) atoms. The molecule has 0 heterocycles. The lowest BCUT2D eigenvalue weighted by Crippen LogP contribution is -2.18. The van der Waals surface area contributed by atoms with Crippen LogP contribution in [0.1, 0.15) is 22.8 Å². The third kappa shape index (κ3) is 2.94. The minimum atomic E-state index is -0.812. The first-order valence-corrected chi connectivity index (χ1v) is 6.51. The molecular formula is C17H16O3. The summed E-state index contributed by atoms with van der Waals surface area (Å²) < 4.78 is 4.79. The van der Waals surface area contributed by atoms with E-state index in [1.165, 1.54) is 0 Å². The summed E-state index contributed by atoms with van der Waals surface area (Å²) in [6, 6.07) is 14.9. The van der Waals surface area contributed by atoms with Crippen LogP contribution in [0.3, 0.4) is 0 Å². The van der Waals surface area contributed by atoms with Crippen LogP contribution in [0.5, 0.6) is 0 Å². The van der Waals surface area contributed by atoms with Crippen LogP contribution >= 0.6 is 0 Å².